The Morgan fingerprint density at radius 2 is 2.07 bits per heavy atom. The monoisotopic (exact) mass is 203 g/mol. The molecule has 1 aromatic rings. The first-order valence-electron chi connectivity index (χ1n) is 6.21. The normalized spacial score (nSPS) is 22.7. The van der Waals surface area contributed by atoms with Crippen LogP contribution >= 0.6 is 0 Å². The molecule has 0 spiro atoms. The molecule has 1 heterocycles. The van der Waals surface area contributed by atoms with Crippen molar-refractivity contribution >= 4 is 0 Å². The van der Waals surface area contributed by atoms with E-state index in [2.05, 4.69) is 38.0 Å². The second kappa shape index (κ2) is 3.96. The smallest absolute Gasteiger partial charge is 0.0308 e. The topological polar surface area (TPSA) is 12.9 Å². The third-order valence-electron chi connectivity index (χ3n) is 4.35. The molecule has 1 aliphatic carbocycles. The second-order valence-corrected chi connectivity index (χ2v) is 4.76. The van der Waals surface area contributed by atoms with Crippen molar-refractivity contribution in [2.75, 3.05) is 0 Å². The maximum Gasteiger partial charge on any atom is 0.0308 e. The zero-order chi connectivity index (χ0) is 10.9. The SMILES string of the molecule is CCC1CC(CC)(CC)c2cnccc21. The molecule has 0 bridgehead atoms. The molecular weight excluding hydrogens is 182 g/mol. The molecule has 0 aromatic carbocycles. The zero-order valence-electron chi connectivity index (χ0n) is 10.1. The maximum atomic E-state index is 4.32. The predicted molar refractivity (Wildman–Crippen MR) is 64.1 cm³/mol. The van der Waals surface area contributed by atoms with Crippen LogP contribution in [0.5, 0.6) is 0 Å². The molecule has 0 radical (unpaired) electrons. The molecule has 0 fully saturated rings. The number of rotatable bonds is 3. The molecule has 0 amide bonds. The highest BCUT2D eigenvalue weighted by molar-refractivity contribution is 5.40. The van der Waals surface area contributed by atoms with Crippen molar-refractivity contribution in [1.29, 1.82) is 0 Å². The summed E-state index contributed by atoms with van der Waals surface area (Å²) < 4.78 is 0. The Hall–Kier alpha value is -0.850. The highest BCUT2D eigenvalue weighted by atomic mass is 14.6. The average molecular weight is 203 g/mol. The van der Waals surface area contributed by atoms with Gasteiger partial charge in [-0.05, 0) is 54.2 Å². The van der Waals surface area contributed by atoms with Crippen LogP contribution in [-0.2, 0) is 5.41 Å². The summed E-state index contributed by atoms with van der Waals surface area (Å²) in [7, 11) is 0. The van der Waals surface area contributed by atoms with E-state index in [0.717, 1.165) is 5.92 Å². The van der Waals surface area contributed by atoms with Gasteiger partial charge < -0.3 is 0 Å². The largest absolute Gasteiger partial charge is 0.264 e. The van der Waals surface area contributed by atoms with Crippen molar-refractivity contribution in [2.24, 2.45) is 0 Å². The van der Waals surface area contributed by atoms with E-state index in [9.17, 15) is 0 Å². The van der Waals surface area contributed by atoms with Gasteiger partial charge in [-0.2, -0.15) is 0 Å². The number of hydrogen-bond donors (Lipinski definition) is 0. The highest BCUT2D eigenvalue weighted by Gasteiger charge is 2.40. The van der Waals surface area contributed by atoms with E-state index in [-0.39, 0.29) is 0 Å². The predicted octanol–water partition coefficient (Wildman–Crippen LogP) is 4.04. The van der Waals surface area contributed by atoms with Crippen molar-refractivity contribution in [3.63, 3.8) is 0 Å². The van der Waals surface area contributed by atoms with Crippen LogP contribution in [0.15, 0.2) is 18.5 Å². The van der Waals surface area contributed by atoms with Gasteiger partial charge in [0.25, 0.3) is 0 Å². The minimum atomic E-state index is 0.421. The number of pyridine rings is 1. The van der Waals surface area contributed by atoms with Gasteiger partial charge in [0.05, 0.1) is 0 Å². The number of nitrogens with zero attached hydrogens (tertiary/aromatic N) is 1. The van der Waals surface area contributed by atoms with Crippen molar-refractivity contribution in [1.82, 2.24) is 4.98 Å². The first kappa shape index (κ1) is 10.7. The Labute approximate surface area is 92.9 Å². The Bertz CT molecular complexity index is 339. The minimum Gasteiger partial charge on any atom is -0.264 e. The van der Waals surface area contributed by atoms with Crippen LogP contribution in [0.1, 0.15) is 63.5 Å². The van der Waals surface area contributed by atoms with Gasteiger partial charge in [0.1, 0.15) is 0 Å². The quantitative estimate of drug-likeness (QED) is 0.722. The van der Waals surface area contributed by atoms with Gasteiger partial charge in [-0.3, -0.25) is 4.98 Å². The van der Waals surface area contributed by atoms with Crippen LogP contribution in [0, 0.1) is 0 Å². The molecule has 0 saturated carbocycles. The van der Waals surface area contributed by atoms with E-state index in [1.807, 2.05) is 6.20 Å². The van der Waals surface area contributed by atoms with Gasteiger partial charge in [-0.15, -0.1) is 0 Å². The van der Waals surface area contributed by atoms with Crippen LogP contribution in [0.4, 0.5) is 0 Å². The number of aromatic nitrogens is 1. The lowest BCUT2D eigenvalue weighted by atomic mass is 9.77. The third kappa shape index (κ3) is 1.49. The first-order valence-corrected chi connectivity index (χ1v) is 6.21. The Balaban J connectivity index is 2.49. The molecule has 82 valence electrons. The van der Waals surface area contributed by atoms with Crippen LogP contribution in [0.3, 0.4) is 0 Å². The molecule has 1 heteroatoms. The molecule has 1 aromatic heterocycles. The van der Waals surface area contributed by atoms with E-state index in [4.69, 9.17) is 0 Å². The maximum absolute atomic E-state index is 4.32. The fourth-order valence-corrected chi connectivity index (χ4v) is 3.18. The minimum absolute atomic E-state index is 0.421. The lowest BCUT2D eigenvalue weighted by molar-refractivity contribution is 0.367. The summed E-state index contributed by atoms with van der Waals surface area (Å²) in [6.45, 7) is 6.94. The molecule has 1 aliphatic rings. The molecular formula is C14H21N. The van der Waals surface area contributed by atoms with Crippen LogP contribution in [0.2, 0.25) is 0 Å². The molecule has 0 aliphatic heterocycles. The molecule has 15 heavy (non-hydrogen) atoms. The molecule has 1 nitrogen and oxygen atoms in total. The van der Waals surface area contributed by atoms with Gasteiger partial charge in [0.2, 0.25) is 0 Å². The standard InChI is InChI=1S/C14H21N/c1-4-11-9-14(5-2,6-3)13-10-15-8-7-12(11)13/h7-8,10-11H,4-6,9H2,1-3H3. The van der Waals surface area contributed by atoms with Gasteiger partial charge in [0.15, 0.2) is 0 Å². The summed E-state index contributed by atoms with van der Waals surface area (Å²) in [6.07, 6.45) is 9.15. The summed E-state index contributed by atoms with van der Waals surface area (Å²) in [5.41, 5.74) is 3.52. The van der Waals surface area contributed by atoms with Gasteiger partial charge in [-0.25, -0.2) is 0 Å². The third-order valence-corrected chi connectivity index (χ3v) is 4.35. The van der Waals surface area contributed by atoms with E-state index >= 15 is 0 Å². The summed E-state index contributed by atoms with van der Waals surface area (Å²) in [5.74, 6) is 0.767. The first-order chi connectivity index (χ1) is 7.27. The molecule has 0 N–H and O–H groups in total. The van der Waals surface area contributed by atoms with E-state index < -0.39 is 0 Å². The molecule has 0 saturated heterocycles. The fraction of sp³-hybridized carbons (Fsp3) is 0.643. The lowest BCUT2D eigenvalue weighted by Crippen LogP contribution is -2.20. The number of hydrogen-bond acceptors (Lipinski definition) is 1. The summed E-state index contributed by atoms with van der Waals surface area (Å²) in [6, 6.07) is 2.23. The van der Waals surface area contributed by atoms with Crippen molar-refractivity contribution in [2.45, 2.75) is 57.8 Å². The summed E-state index contributed by atoms with van der Waals surface area (Å²) >= 11 is 0. The zero-order valence-corrected chi connectivity index (χ0v) is 10.1. The van der Waals surface area contributed by atoms with E-state index in [1.165, 1.54) is 31.2 Å². The van der Waals surface area contributed by atoms with Crippen molar-refractivity contribution in [3.8, 4) is 0 Å². The summed E-state index contributed by atoms with van der Waals surface area (Å²) in [4.78, 5) is 4.32. The van der Waals surface area contributed by atoms with Gasteiger partial charge >= 0.3 is 0 Å². The molecule has 1 unspecified atom stereocenters. The van der Waals surface area contributed by atoms with Crippen LogP contribution in [-0.4, -0.2) is 4.98 Å². The Morgan fingerprint density at radius 1 is 1.33 bits per heavy atom. The van der Waals surface area contributed by atoms with Crippen LogP contribution < -0.4 is 0 Å². The summed E-state index contributed by atoms with van der Waals surface area (Å²) in [5, 5.41) is 0. The Morgan fingerprint density at radius 3 is 2.67 bits per heavy atom. The lowest BCUT2D eigenvalue weighted by Gasteiger charge is -2.27. The van der Waals surface area contributed by atoms with E-state index in [1.54, 1.807) is 5.56 Å². The van der Waals surface area contributed by atoms with Crippen molar-refractivity contribution < 1.29 is 0 Å². The highest BCUT2D eigenvalue weighted by Crippen LogP contribution is 2.50. The van der Waals surface area contributed by atoms with Gasteiger partial charge in [-0.1, -0.05) is 20.8 Å². The molecule has 1 atom stereocenters. The van der Waals surface area contributed by atoms with Gasteiger partial charge in [0, 0.05) is 12.4 Å². The molecule has 2 rings (SSSR count). The second-order valence-electron chi connectivity index (χ2n) is 4.76. The van der Waals surface area contributed by atoms with Crippen LogP contribution in [0.25, 0.3) is 0 Å². The average Bonchev–Trinajstić information content (AvgIpc) is 2.64. The van der Waals surface area contributed by atoms with E-state index in [0.29, 0.717) is 5.41 Å². The number of fused-ring (bicyclic) bond motifs is 1. The fourth-order valence-electron chi connectivity index (χ4n) is 3.18. The Kier molecular flexibility index (Phi) is 2.81. The van der Waals surface area contributed by atoms with Crippen molar-refractivity contribution in [3.05, 3.63) is 29.6 Å².